The number of halogens is 1. The van der Waals surface area contributed by atoms with E-state index >= 15 is 0 Å². The van der Waals surface area contributed by atoms with Crippen LogP contribution < -0.4 is 5.32 Å². The fraction of sp³-hybridized carbons (Fsp3) is 0.545. The Hall–Kier alpha value is -2.30. The molecule has 3 heterocycles. The average Bonchev–Trinajstić information content (AvgIpc) is 3.56. The molecule has 0 radical (unpaired) electrons. The van der Waals surface area contributed by atoms with Gasteiger partial charge in [0.15, 0.2) is 5.69 Å². The van der Waals surface area contributed by atoms with E-state index in [9.17, 15) is 17.6 Å². The van der Waals surface area contributed by atoms with Gasteiger partial charge in [-0.25, -0.2) is 12.8 Å². The number of piperidine rings is 1. The molecule has 2 aliphatic heterocycles. The molecule has 1 amide bonds. The predicted octanol–water partition coefficient (Wildman–Crippen LogP) is 2.00. The summed E-state index contributed by atoms with van der Waals surface area (Å²) < 4.78 is 49.2. The molecule has 172 valence electrons. The first kappa shape index (κ1) is 21.5. The Bertz CT molecular complexity index is 1150. The summed E-state index contributed by atoms with van der Waals surface area (Å²) in [4.78, 5) is 12.3. The van der Waals surface area contributed by atoms with Crippen LogP contribution in [0, 0.1) is 11.7 Å². The van der Waals surface area contributed by atoms with Crippen molar-refractivity contribution in [1.82, 2.24) is 19.4 Å². The van der Waals surface area contributed by atoms with Crippen LogP contribution in [0.4, 0.5) is 4.39 Å². The predicted molar refractivity (Wildman–Crippen MR) is 114 cm³/mol. The Kier molecular flexibility index (Phi) is 5.34. The van der Waals surface area contributed by atoms with Crippen molar-refractivity contribution in [2.75, 3.05) is 19.6 Å². The second-order valence-electron chi connectivity index (χ2n) is 9.03. The number of benzene rings is 1. The number of carbonyl (C=O) groups excluding carboxylic acids is 1. The molecule has 1 N–H and O–H groups in total. The first-order chi connectivity index (χ1) is 15.3. The van der Waals surface area contributed by atoms with Gasteiger partial charge in [0.2, 0.25) is 10.0 Å². The molecule has 32 heavy (non-hydrogen) atoms. The number of nitrogens with zero attached hydrogens (tertiary/aromatic N) is 3. The van der Waals surface area contributed by atoms with E-state index in [-0.39, 0.29) is 30.5 Å². The lowest BCUT2D eigenvalue weighted by Crippen LogP contribution is -2.50. The zero-order chi connectivity index (χ0) is 22.5. The highest BCUT2D eigenvalue weighted by Crippen LogP contribution is 2.38. The third kappa shape index (κ3) is 3.84. The highest BCUT2D eigenvalue weighted by molar-refractivity contribution is 7.89. The SMILES string of the molecule is Cn1nc(C(=O)NCC2CC2)c2c1CC1(CCN(S(=O)(=O)c3ccccc3F)CC1)OC2. The Morgan fingerprint density at radius 1 is 1.28 bits per heavy atom. The maximum atomic E-state index is 14.1. The van der Waals surface area contributed by atoms with E-state index in [1.54, 1.807) is 4.68 Å². The summed E-state index contributed by atoms with van der Waals surface area (Å²) in [7, 11) is -2.07. The van der Waals surface area contributed by atoms with Gasteiger partial charge in [0, 0.05) is 44.4 Å². The van der Waals surface area contributed by atoms with Gasteiger partial charge in [0.1, 0.15) is 10.7 Å². The van der Waals surface area contributed by atoms with Crippen LogP contribution in [0.5, 0.6) is 0 Å². The van der Waals surface area contributed by atoms with Crippen LogP contribution in [-0.2, 0) is 34.8 Å². The molecule has 10 heteroatoms. The molecular formula is C22H27FN4O4S. The number of aryl methyl sites for hydroxylation is 1. The van der Waals surface area contributed by atoms with Crippen molar-refractivity contribution in [3.05, 3.63) is 47.0 Å². The van der Waals surface area contributed by atoms with Crippen molar-refractivity contribution in [1.29, 1.82) is 0 Å². The lowest BCUT2D eigenvalue weighted by Gasteiger charge is -2.43. The van der Waals surface area contributed by atoms with Crippen LogP contribution in [-0.4, -0.2) is 53.6 Å². The van der Waals surface area contributed by atoms with E-state index in [1.165, 1.54) is 22.5 Å². The van der Waals surface area contributed by atoms with Gasteiger partial charge in [-0.05, 0) is 43.7 Å². The monoisotopic (exact) mass is 462 g/mol. The molecule has 0 unspecified atom stereocenters. The molecule has 1 aliphatic carbocycles. The minimum absolute atomic E-state index is 0.167. The maximum absolute atomic E-state index is 14.1. The minimum atomic E-state index is -3.90. The van der Waals surface area contributed by atoms with Crippen molar-refractivity contribution >= 4 is 15.9 Å². The fourth-order valence-corrected chi connectivity index (χ4v) is 6.14. The molecule has 0 atom stereocenters. The molecule has 1 aromatic carbocycles. The summed E-state index contributed by atoms with van der Waals surface area (Å²) in [5.74, 6) is -0.323. The molecule has 2 fully saturated rings. The number of nitrogens with one attached hydrogen (secondary N) is 1. The van der Waals surface area contributed by atoms with Gasteiger partial charge in [-0.1, -0.05) is 12.1 Å². The third-order valence-electron chi connectivity index (χ3n) is 6.84. The Morgan fingerprint density at radius 2 is 2.00 bits per heavy atom. The number of sulfonamides is 1. The minimum Gasteiger partial charge on any atom is -0.370 e. The van der Waals surface area contributed by atoms with Crippen LogP contribution >= 0.6 is 0 Å². The highest BCUT2D eigenvalue weighted by Gasteiger charge is 2.44. The summed E-state index contributed by atoms with van der Waals surface area (Å²) in [5.41, 5.74) is 1.67. The van der Waals surface area contributed by atoms with Crippen molar-refractivity contribution in [2.45, 2.75) is 49.2 Å². The van der Waals surface area contributed by atoms with Crippen LogP contribution in [0.2, 0.25) is 0 Å². The van der Waals surface area contributed by atoms with Gasteiger partial charge in [0.05, 0.1) is 12.2 Å². The zero-order valence-corrected chi connectivity index (χ0v) is 18.8. The lowest BCUT2D eigenvalue weighted by atomic mass is 9.84. The van der Waals surface area contributed by atoms with E-state index in [1.807, 2.05) is 7.05 Å². The molecule has 2 aromatic rings. The molecule has 1 spiro atoms. The van der Waals surface area contributed by atoms with Crippen LogP contribution in [0.3, 0.4) is 0 Å². The third-order valence-corrected chi connectivity index (χ3v) is 8.77. The first-order valence-electron chi connectivity index (χ1n) is 11.0. The number of carbonyl (C=O) groups is 1. The standard InChI is InChI=1S/C22H27FN4O4S/c1-26-18-12-22(31-14-16(18)20(25-26)21(28)24-13-15-6-7-15)8-10-27(11-9-22)32(29,30)19-5-3-2-4-17(19)23/h2-5,15H,6-14H2,1H3,(H,24,28). The molecule has 3 aliphatic rings. The summed E-state index contributed by atoms with van der Waals surface area (Å²) in [6, 6.07) is 5.45. The normalized spacial score (nSPS) is 20.8. The van der Waals surface area contributed by atoms with Gasteiger partial charge in [0.25, 0.3) is 5.91 Å². The molecular weight excluding hydrogens is 435 g/mol. The summed E-state index contributed by atoms with van der Waals surface area (Å²) in [6.45, 7) is 1.45. The zero-order valence-electron chi connectivity index (χ0n) is 18.0. The van der Waals surface area contributed by atoms with E-state index < -0.39 is 21.4 Å². The second kappa shape index (κ2) is 7.93. The van der Waals surface area contributed by atoms with Crippen molar-refractivity contribution in [3.63, 3.8) is 0 Å². The highest BCUT2D eigenvalue weighted by atomic mass is 32.2. The number of amides is 1. The number of hydrogen-bond acceptors (Lipinski definition) is 5. The van der Waals surface area contributed by atoms with Crippen molar-refractivity contribution < 1.29 is 22.3 Å². The average molecular weight is 463 g/mol. The van der Waals surface area contributed by atoms with E-state index in [4.69, 9.17) is 4.74 Å². The van der Waals surface area contributed by atoms with Gasteiger partial charge in [-0.15, -0.1) is 0 Å². The molecule has 5 rings (SSSR count). The summed E-state index contributed by atoms with van der Waals surface area (Å²) in [6.07, 6.45) is 3.88. The quantitative estimate of drug-likeness (QED) is 0.734. The van der Waals surface area contributed by atoms with E-state index in [0.717, 1.165) is 30.2 Å². The summed E-state index contributed by atoms with van der Waals surface area (Å²) >= 11 is 0. The number of fused-ring (bicyclic) bond motifs is 1. The van der Waals surface area contributed by atoms with Crippen molar-refractivity contribution in [3.8, 4) is 0 Å². The van der Waals surface area contributed by atoms with Crippen LogP contribution in [0.15, 0.2) is 29.2 Å². The molecule has 8 nitrogen and oxygen atoms in total. The lowest BCUT2D eigenvalue weighted by molar-refractivity contribution is -0.0951. The van der Waals surface area contributed by atoms with Gasteiger partial charge in [-0.2, -0.15) is 9.40 Å². The number of rotatable bonds is 5. The van der Waals surface area contributed by atoms with Crippen LogP contribution in [0.1, 0.15) is 47.4 Å². The first-order valence-corrected chi connectivity index (χ1v) is 12.4. The number of aromatic nitrogens is 2. The van der Waals surface area contributed by atoms with Crippen molar-refractivity contribution in [2.24, 2.45) is 13.0 Å². The largest absolute Gasteiger partial charge is 0.370 e. The second-order valence-corrected chi connectivity index (χ2v) is 10.9. The van der Waals surface area contributed by atoms with E-state index in [2.05, 4.69) is 10.4 Å². The molecule has 1 saturated carbocycles. The Labute approximate surface area is 186 Å². The number of hydrogen-bond donors (Lipinski definition) is 1. The fourth-order valence-electron chi connectivity index (χ4n) is 4.63. The van der Waals surface area contributed by atoms with E-state index in [0.29, 0.717) is 37.4 Å². The van der Waals surface area contributed by atoms with Crippen LogP contribution in [0.25, 0.3) is 0 Å². The van der Waals surface area contributed by atoms with Gasteiger partial charge < -0.3 is 10.1 Å². The molecule has 1 aromatic heterocycles. The Balaban J connectivity index is 1.29. The number of ether oxygens (including phenoxy) is 1. The Morgan fingerprint density at radius 3 is 2.69 bits per heavy atom. The maximum Gasteiger partial charge on any atom is 0.272 e. The van der Waals surface area contributed by atoms with Gasteiger partial charge >= 0.3 is 0 Å². The topological polar surface area (TPSA) is 93.5 Å². The smallest absolute Gasteiger partial charge is 0.272 e. The van der Waals surface area contributed by atoms with Gasteiger partial charge in [-0.3, -0.25) is 9.48 Å². The molecule has 1 saturated heterocycles. The molecule has 0 bridgehead atoms. The summed E-state index contributed by atoms with van der Waals surface area (Å²) in [5, 5.41) is 7.41.